The number of hydrogen-bond acceptors (Lipinski definition) is 5. The van der Waals surface area contributed by atoms with Crippen molar-refractivity contribution >= 4 is 0 Å². The van der Waals surface area contributed by atoms with Crippen molar-refractivity contribution in [1.29, 1.82) is 0 Å². The molecule has 1 aromatic heterocycles. The van der Waals surface area contributed by atoms with Gasteiger partial charge in [-0.25, -0.2) is 0 Å². The maximum Gasteiger partial charge on any atom is 0.237 e. The molecule has 0 amide bonds. The van der Waals surface area contributed by atoms with Gasteiger partial charge >= 0.3 is 0 Å². The van der Waals surface area contributed by atoms with Crippen LogP contribution in [-0.4, -0.2) is 23.4 Å². The molecule has 1 aliphatic rings. The highest BCUT2D eigenvalue weighted by Gasteiger charge is 2.44. The zero-order valence-corrected chi connectivity index (χ0v) is 8.49. The van der Waals surface area contributed by atoms with Crippen molar-refractivity contribution in [3.8, 4) is 0 Å². The molecular weight excluding hydrogens is 182 g/mol. The van der Waals surface area contributed by atoms with E-state index in [4.69, 9.17) is 15.0 Å². The van der Waals surface area contributed by atoms with Gasteiger partial charge < -0.3 is 15.0 Å². The number of ether oxygens (including phenoxy) is 1. The fourth-order valence-electron chi connectivity index (χ4n) is 1.46. The van der Waals surface area contributed by atoms with Crippen molar-refractivity contribution in [2.75, 3.05) is 13.2 Å². The molecule has 2 rings (SSSR count). The monoisotopic (exact) mass is 197 g/mol. The Morgan fingerprint density at radius 2 is 2.29 bits per heavy atom. The van der Waals surface area contributed by atoms with Gasteiger partial charge in [0, 0.05) is 0 Å². The second kappa shape index (κ2) is 3.33. The average molecular weight is 197 g/mol. The first-order valence-corrected chi connectivity index (χ1v) is 4.85. The molecule has 2 heterocycles. The Balaban J connectivity index is 2.23. The molecule has 5 heteroatoms. The lowest BCUT2D eigenvalue weighted by Crippen LogP contribution is -2.46. The smallest absolute Gasteiger partial charge is 0.237 e. The summed E-state index contributed by atoms with van der Waals surface area (Å²) in [4.78, 5) is 4.29. The first-order chi connectivity index (χ1) is 6.68. The van der Waals surface area contributed by atoms with Gasteiger partial charge in [0.15, 0.2) is 5.82 Å². The van der Waals surface area contributed by atoms with E-state index < -0.39 is 0 Å². The van der Waals surface area contributed by atoms with E-state index in [1.165, 1.54) is 0 Å². The standard InChI is InChI=1S/C9H15N3O2/c1-3-9(4-13-5-9)8-11-7(6(2)10)12-14-8/h6H,3-5,10H2,1-2H3. The van der Waals surface area contributed by atoms with Gasteiger partial charge in [-0.2, -0.15) is 4.98 Å². The van der Waals surface area contributed by atoms with Gasteiger partial charge in [-0.15, -0.1) is 0 Å². The molecule has 1 atom stereocenters. The topological polar surface area (TPSA) is 74.2 Å². The van der Waals surface area contributed by atoms with E-state index in [0.717, 1.165) is 6.42 Å². The van der Waals surface area contributed by atoms with Crippen molar-refractivity contribution in [3.63, 3.8) is 0 Å². The highest BCUT2D eigenvalue weighted by molar-refractivity contribution is 5.10. The highest BCUT2D eigenvalue weighted by atomic mass is 16.5. The minimum atomic E-state index is -0.178. The molecule has 1 aromatic rings. The normalized spacial score (nSPS) is 21.6. The Bertz CT molecular complexity index is 312. The molecule has 1 aliphatic heterocycles. The molecule has 0 aliphatic carbocycles. The number of rotatable bonds is 3. The molecule has 1 unspecified atom stereocenters. The van der Waals surface area contributed by atoms with E-state index in [1.54, 1.807) is 0 Å². The molecule has 0 bridgehead atoms. The van der Waals surface area contributed by atoms with Crippen molar-refractivity contribution in [1.82, 2.24) is 10.1 Å². The summed E-state index contributed by atoms with van der Waals surface area (Å²) in [5.41, 5.74) is 5.60. The zero-order valence-electron chi connectivity index (χ0n) is 8.49. The van der Waals surface area contributed by atoms with Crippen LogP contribution in [0.15, 0.2) is 4.52 Å². The molecule has 5 nitrogen and oxygen atoms in total. The first-order valence-electron chi connectivity index (χ1n) is 4.85. The van der Waals surface area contributed by atoms with Gasteiger partial charge in [0.25, 0.3) is 0 Å². The Kier molecular flexibility index (Phi) is 2.28. The van der Waals surface area contributed by atoms with E-state index >= 15 is 0 Å². The second-order valence-corrected chi connectivity index (χ2v) is 3.87. The molecular formula is C9H15N3O2. The number of aromatic nitrogens is 2. The summed E-state index contributed by atoms with van der Waals surface area (Å²) >= 11 is 0. The quantitative estimate of drug-likeness (QED) is 0.774. The minimum absolute atomic E-state index is 0.0554. The average Bonchev–Trinajstić information content (AvgIpc) is 2.52. The van der Waals surface area contributed by atoms with Crippen LogP contribution in [0.1, 0.15) is 38.0 Å². The van der Waals surface area contributed by atoms with Gasteiger partial charge in [0.05, 0.1) is 24.7 Å². The van der Waals surface area contributed by atoms with Crippen molar-refractivity contribution < 1.29 is 9.26 Å². The van der Waals surface area contributed by atoms with Crippen molar-refractivity contribution in [3.05, 3.63) is 11.7 Å². The summed E-state index contributed by atoms with van der Waals surface area (Å²) < 4.78 is 10.4. The molecule has 0 spiro atoms. The minimum Gasteiger partial charge on any atom is -0.379 e. The van der Waals surface area contributed by atoms with Crippen LogP contribution in [-0.2, 0) is 10.2 Å². The summed E-state index contributed by atoms with van der Waals surface area (Å²) in [6.07, 6.45) is 0.952. The van der Waals surface area contributed by atoms with Crippen LogP contribution in [0.25, 0.3) is 0 Å². The largest absolute Gasteiger partial charge is 0.379 e. The van der Waals surface area contributed by atoms with Gasteiger partial charge in [0.1, 0.15) is 0 Å². The van der Waals surface area contributed by atoms with Crippen LogP contribution in [0.2, 0.25) is 0 Å². The van der Waals surface area contributed by atoms with Gasteiger partial charge in [0.2, 0.25) is 5.89 Å². The van der Waals surface area contributed by atoms with Crippen LogP contribution in [0, 0.1) is 0 Å². The van der Waals surface area contributed by atoms with E-state index in [0.29, 0.717) is 24.9 Å². The summed E-state index contributed by atoms with van der Waals surface area (Å²) in [5.74, 6) is 1.23. The number of nitrogens with zero attached hydrogens (tertiary/aromatic N) is 2. The number of nitrogens with two attached hydrogens (primary N) is 1. The molecule has 14 heavy (non-hydrogen) atoms. The van der Waals surface area contributed by atoms with Crippen molar-refractivity contribution in [2.45, 2.75) is 31.7 Å². The lowest BCUT2D eigenvalue weighted by molar-refractivity contribution is -0.0765. The third-order valence-corrected chi connectivity index (χ3v) is 2.74. The molecule has 0 aromatic carbocycles. The van der Waals surface area contributed by atoms with E-state index in [2.05, 4.69) is 17.1 Å². The summed E-state index contributed by atoms with van der Waals surface area (Å²) in [5, 5.41) is 3.84. The SMILES string of the molecule is CCC1(c2nc(C(C)N)no2)COC1. The summed E-state index contributed by atoms with van der Waals surface area (Å²) in [6, 6.07) is -0.178. The van der Waals surface area contributed by atoms with Gasteiger partial charge in [-0.1, -0.05) is 12.1 Å². The van der Waals surface area contributed by atoms with E-state index in [9.17, 15) is 0 Å². The molecule has 78 valence electrons. The van der Waals surface area contributed by atoms with E-state index in [-0.39, 0.29) is 11.5 Å². The molecule has 0 radical (unpaired) electrons. The lowest BCUT2D eigenvalue weighted by atomic mass is 9.83. The third-order valence-electron chi connectivity index (χ3n) is 2.74. The molecule has 2 N–H and O–H groups in total. The Morgan fingerprint density at radius 3 is 2.64 bits per heavy atom. The Morgan fingerprint density at radius 1 is 1.57 bits per heavy atom. The fraction of sp³-hybridized carbons (Fsp3) is 0.778. The summed E-state index contributed by atoms with van der Waals surface area (Å²) in [6.45, 7) is 5.27. The van der Waals surface area contributed by atoms with Crippen LogP contribution < -0.4 is 5.73 Å². The maximum absolute atomic E-state index is 5.65. The molecule has 0 saturated carbocycles. The Labute approximate surface area is 82.6 Å². The maximum atomic E-state index is 5.65. The summed E-state index contributed by atoms with van der Waals surface area (Å²) in [7, 11) is 0. The van der Waals surface area contributed by atoms with Crippen LogP contribution in [0.4, 0.5) is 0 Å². The fourth-order valence-corrected chi connectivity index (χ4v) is 1.46. The van der Waals surface area contributed by atoms with E-state index in [1.807, 2.05) is 6.92 Å². The number of hydrogen-bond donors (Lipinski definition) is 1. The zero-order chi connectivity index (χ0) is 10.2. The van der Waals surface area contributed by atoms with Crippen LogP contribution in [0.5, 0.6) is 0 Å². The van der Waals surface area contributed by atoms with Gasteiger partial charge in [-0.05, 0) is 13.3 Å². The lowest BCUT2D eigenvalue weighted by Gasteiger charge is -2.36. The Hall–Kier alpha value is -0.940. The van der Waals surface area contributed by atoms with Crippen LogP contribution >= 0.6 is 0 Å². The van der Waals surface area contributed by atoms with Gasteiger partial charge in [-0.3, -0.25) is 0 Å². The highest BCUT2D eigenvalue weighted by Crippen LogP contribution is 2.34. The molecule has 1 saturated heterocycles. The second-order valence-electron chi connectivity index (χ2n) is 3.87. The predicted molar refractivity (Wildman–Crippen MR) is 49.7 cm³/mol. The van der Waals surface area contributed by atoms with Crippen LogP contribution in [0.3, 0.4) is 0 Å². The first kappa shape index (κ1) is 9.61. The molecule has 1 fully saturated rings. The third kappa shape index (κ3) is 1.33. The van der Waals surface area contributed by atoms with Crippen molar-refractivity contribution in [2.24, 2.45) is 5.73 Å². The predicted octanol–water partition coefficient (Wildman–Crippen LogP) is 0.767.